The minimum atomic E-state index is -0.200. The van der Waals surface area contributed by atoms with Crippen LogP contribution in [-0.4, -0.2) is 17.4 Å². The second-order valence-corrected chi connectivity index (χ2v) is 5.97. The number of fused-ring (bicyclic) bond motifs is 1. The molecule has 3 N–H and O–H groups in total. The molecule has 2 rings (SSSR count). The molecule has 0 aliphatic rings. The summed E-state index contributed by atoms with van der Waals surface area (Å²) in [4.78, 5) is 17.6. The van der Waals surface area contributed by atoms with Crippen molar-refractivity contribution in [1.82, 2.24) is 10.3 Å². The predicted molar refractivity (Wildman–Crippen MR) is 79.2 cm³/mol. The lowest BCUT2D eigenvalue weighted by molar-refractivity contribution is 0.0962. The van der Waals surface area contributed by atoms with E-state index >= 15 is 0 Å². The van der Waals surface area contributed by atoms with Crippen LogP contribution in [0.5, 0.6) is 0 Å². The van der Waals surface area contributed by atoms with Crippen molar-refractivity contribution < 1.29 is 4.79 Å². The van der Waals surface area contributed by atoms with Crippen LogP contribution >= 0.6 is 27.3 Å². The normalized spacial score (nSPS) is 10.6. The minimum Gasteiger partial charge on any atom is -0.397 e. The highest BCUT2D eigenvalue weighted by Crippen LogP contribution is 2.32. The van der Waals surface area contributed by atoms with Gasteiger partial charge in [-0.1, -0.05) is 22.5 Å². The second-order valence-electron chi connectivity index (χ2n) is 3.85. The van der Waals surface area contributed by atoms with E-state index in [1.165, 1.54) is 11.3 Å². The smallest absolute Gasteiger partial charge is 0.263 e. The van der Waals surface area contributed by atoms with E-state index in [0.717, 1.165) is 15.9 Å². The zero-order valence-electron chi connectivity index (χ0n) is 9.79. The fourth-order valence-electron chi connectivity index (χ4n) is 1.51. The van der Waals surface area contributed by atoms with Crippen LogP contribution in [0, 0.1) is 6.92 Å². The summed E-state index contributed by atoms with van der Waals surface area (Å²) in [6.45, 7) is 5.94. The van der Waals surface area contributed by atoms with Gasteiger partial charge in [0, 0.05) is 22.1 Å². The lowest BCUT2D eigenvalue weighted by Crippen LogP contribution is -2.24. The number of carbonyl (C=O) groups excluding carboxylic acids is 1. The van der Waals surface area contributed by atoms with E-state index in [4.69, 9.17) is 5.73 Å². The Hall–Kier alpha value is -1.40. The first-order valence-electron chi connectivity index (χ1n) is 5.26. The molecule has 0 spiro atoms. The van der Waals surface area contributed by atoms with Gasteiger partial charge in [-0.15, -0.1) is 11.3 Å². The summed E-state index contributed by atoms with van der Waals surface area (Å²) in [6, 6.07) is 3.77. The number of anilines is 1. The summed E-state index contributed by atoms with van der Waals surface area (Å²) in [7, 11) is 0. The number of nitrogens with two attached hydrogens (primary N) is 1. The standard InChI is InChI=1S/C12H12BrN3OS/c1-6(13)5-15-11(17)10-9(14)8-4-3-7(2)16-12(8)18-10/h3-4H,1,5,14H2,2H3,(H,15,17). The van der Waals surface area contributed by atoms with E-state index in [0.29, 0.717) is 21.6 Å². The first kappa shape index (κ1) is 13.0. The van der Waals surface area contributed by atoms with E-state index < -0.39 is 0 Å². The molecular weight excluding hydrogens is 314 g/mol. The number of halogens is 1. The summed E-state index contributed by atoms with van der Waals surface area (Å²) < 4.78 is 0.713. The van der Waals surface area contributed by atoms with E-state index in [9.17, 15) is 4.79 Å². The maximum atomic E-state index is 12.0. The molecule has 18 heavy (non-hydrogen) atoms. The number of thiophene rings is 1. The van der Waals surface area contributed by atoms with Gasteiger partial charge in [-0.2, -0.15) is 0 Å². The molecule has 0 fully saturated rings. The molecule has 0 unspecified atom stereocenters. The highest BCUT2D eigenvalue weighted by molar-refractivity contribution is 9.11. The molecule has 0 saturated carbocycles. The SMILES string of the molecule is C=C(Br)CNC(=O)c1sc2nc(C)ccc2c1N. The number of amides is 1. The molecule has 0 atom stereocenters. The molecule has 94 valence electrons. The van der Waals surface area contributed by atoms with Gasteiger partial charge in [0.05, 0.1) is 5.69 Å². The average Bonchev–Trinajstić information content (AvgIpc) is 2.63. The predicted octanol–water partition coefficient (Wildman–Crippen LogP) is 2.83. The Bertz CT molecular complexity index is 636. The van der Waals surface area contributed by atoms with Gasteiger partial charge in [-0.25, -0.2) is 4.98 Å². The Morgan fingerprint density at radius 1 is 1.61 bits per heavy atom. The number of pyridine rings is 1. The summed E-state index contributed by atoms with van der Waals surface area (Å²) in [5.41, 5.74) is 7.37. The van der Waals surface area contributed by atoms with Gasteiger partial charge in [0.1, 0.15) is 9.71 Å². The molecule has 2 aromatic rings. The number of aryl methyl sites for hydroxylation is 1. The van der Waals surface area contributed by atoms with Gasteiger partial charge >= 0.3 is 0 Å². The minimum absolute atomic E-state index is 0.200. The summed E-state index contributed by atoms with van der Waals surface area (Å²) in [6.07, 6.45) is 0. The van der Waals surface area contributed by atoms with E-state index in [-0.39, 0.29) is 5.91 Å². The zero-order chi connectivity index (χ0) is 13.3. The number of aromatic nitrogens is 1. The molecule has 1 amide bonds. The third-order valence-electron chi connectivity index (χ3n) is 2.38. The second kappa shape index (κ2) is 5.07. The maximum absolute atomic E-state index is 12.0. The highest BCUT2D eigenvalue weighted by Gasteiger charge is 2.16. The monoisotopic (exact) mass is 325 g/mol. The van der Waals surface area contributed by atoms with Crippen molar-refractivity contribution in [3.8, 4) is 0 Å². The Kier molecular flexibility index (Phi) is 3.68. The summed E-state index contributed by atoms with van der Waals surface area (Å²) in [5.74, 6) is -0.200. The Labute approximate surface area is 117 Å². The third kappa shape index (κ3) is 2.54. The van der Waals surface area contributed by atoms with E-state index in [2.05, 4.69) is 32.8 Å². The van der Waals surface area contributed by atoms with E-state index in [1.54, 1.807) is 0 Å². The number of hydrogen-bond donors (Lipinski definition) is 2. The Morgan fingerprint density at radius 3 is 3.00 bits per heavy atom. The maximum Gasteiger partial charge on any atom is 0.263 e. The molecule has 0 saturated heterocycles. The van der Waals surface area contributed by atoms with Crippen molar-refractivity contribution in [2.75, 3.05) is 12.3 Å². The van der Waals surface area contributed by atoms with Crippen LogP contribution in [0.3, 0.4) is 0 Å². The number of hydrogen-bond acceptors (Lipinski definition) is 4. The highest BCUT2D eigenvalue weighted by atomic mass is 79.9. The molecular formula is C12H12BrN3OS. The van der Waals surface area contributed by atoms with Crippen molar-refractivity contribution >= 4 is 49.1 Å². The number of nitrogens with one attached hydrogen (secondary N) is 1. The van der Waals surface area contributed by atoms with Crippen LogP contribution in [0.25, 0.3) is 10.2 Å². The largest absolute Gasteiger partial charge is 0.397 e. The van der Waals surface area contributed by atoms with Gasteiger partial charge in [0.15, 0.2) is 0 Å². The number of carbonyl (C=O) groups is 1. The molecule has 2 aromatic heterocycles. The number of rotatable bonds is 3. The molecule has 0 aliphatic carbocycles. The van der Waals surface area contributed by atoms with Gasteiger partial charge in [-0.05, 0) is 19.1 Å². The number of nitrogens with zero attached hydrogens (tertiary/aromatic N) is 1. The first-order chi connectivity index (χ1) is 8.49. The lowest BCUT2D eigenvalue weighted by Gasteiger charge is -2.02. The van der Waals surface area contributed by atoms with Crippen LogP contribution in [0.2, 0.25) is 0 Å². The van der Waals surface area contributed by atoms with Gasteiger partial charge in [-0.3, -0.25) is 4.79 Å². The Balaban J connectivity index is 2.36. The fraction of sp³-hybridized carbons (Fsp3) is 0.167. The van der Waals surface area contributed by atoms with Gasteiger partial charge in [0.25, 0.3) is 5.91 Å². The molecule has 0 aromatic carbocycles. The lowest BCUT2D eigenvalue weighted by atomic mass is 10.2. The molecule has 0 bridgehead atoms. The molecule has 0 radical (unpaired) electrons. The van der Waals surface area contributed by atoms with Crippen LogP contribution in [0.1, 0.15) is 15.4 Å². The quantitative estimate of drug-likeness (QED) is 0.911. The summed E-state index contributed by atoms with van der Waals surface area (Å²) >= 11 is 4.49. The van der Waals surface area contributed by atoms with Gasteiger partial charge < -0.3 is 11.1 Å². The molecule has 0 aliphatic heterocycles. The van der Waals surface area contributed by atoms with Crippen LogP contribution in [0.4, 0.5) is 5.69 Å². The first-order valence-corrected chi connectivity index (χ1v) is 6.87. The third-order valence-corrected chi connectivity index (χ3v) is 3.77. The van der Waals surface area contributed by atoms with Crippen molar-refractivity contribution in [3.05, 3.63) is 33.8 Å². The zero-order valence-corrected chi connectivity index (χ0v) is 12.2. The fourth-order valence-corrected chi connectivity index (χ4v) is 2.71. The topological polar surface area (TPSA) is 68.0 Å². The van der Waals surface area contributed by atoms with Crippen LogP contribution in [0.15, 0.2) is 23.2 Å². The van der Waals surface area contributed by atoms with Gasteiger partial charge in [0.2, 0.25) is 0 Å². The van der Waals surface area contributed by atoms with Crippen LogP contribution in [-0.2, 0) is 0 Å². The van der Waals surface area contributed by atoms with Crippen LogP contribution < -0.4 is 11.1 Å². The molecule has 2 heterocycles. The van der Waals surface area contributed by atoms with E-state index in [1.807, 2.05) is 19.1 Å². The summed E-state index contributed by atoms with van der Waals surface area (Å²) in [5, 5.41) is 3.56. The van der Waals surface area contributed by atoms with Crippen molar-refractivity contribution in [3.63, 3.8) is 0 Å². The molecule has 4 nitrogen and oxygen atoms in total. The van der Waals surface area contributed by atoms with Crippen molar-refractivity contribution in [2.45, 2.75) is 6.92 Å². The Morgan fingerprint density at radius 2 is 2.33 bits per heavy atom. The van der Waals surface area contributed by atoms with Crippen molar-refractivity contribution in [2.24, 2.45) is 0 Å². The molecule has 6 heteroatoms. The average molecular weight is 326 g/mol. The number of nitrogen functional groups attached to an aromatic ring is 1. The van der Waals surface area contributed by atoms with Crippen molar-refractivity contribution in [1.29, 1.82) is 0 Å².